The molecule has 1 saturated heterocycles. The third kappa shape index (κ3) is 6.01. The van der Waals surface area contributed by atoms with E-state index in [4.69, 9.17) is 4.74 Å². The maximum atomic E-state index is 14.3. The highest BCUT2D eigenvalue weighted by atomic mass is 19.1. The molecule has 0 saturated carbocycles. The molecule has 2 unspecified atom stereocenters. The first-order chi connectivity index (χ1) is 18.5. The van der Waals surface area contributed by atoms with E-state index in [2.05, 4.69) is 58.3 Å². The zero-order valence-corrected chi connectivity index (χ0v) is 21.6. The van der Waals surface area contributed by atoms with Gasteiger partial charge in [0.1, 0.15) is 11.6 Å². The van der Waals surface area contributed by atoms with Crippen molar-refractivity contribution in [1.29, 1.82) is 0 Å². The Morgan fingerprint density at radius 2 is 1.55 bits per heavy atom. The zero-order valence-electron chi connectivity index (χ0n) is 21.6. The zero-order chi connectivity index (χ0) is 26.5. The first-order valence-corrected chi connectivity index (χ1v) is 13.1. The summed E-state index contributed by atoms with van der Waals surface area (Å²) in [7, 11) is 1.76. The minimum absolute atomic E-state index is 0.0182. The summed E-state index contributed by atoms with van der Waals surface area (Å²) < 4.78 is 35.7. The maximum absolute atomic E-state index is 14.3. The molecule has 4 aromatic rings. The van der Waals surface area contributed by atoms with Crippen LogP contribution in [-0.4, -0.2) is 53.3 Å². The highest BCUT2D eigenvalue weighted by molar-refractivity contribution is 5.79. The fraction of sp³-hybridized carbons (Fsp3) is 0.323. The molecule has 3 aromatic carbocycles. The molecule has 38 heavy (non-hydrogen) atoms. The van der Waals surface area contributed by atoms with Crippen LogP contribution < -0.4 is 5.56 Å². The van der Waals surface area contributed by atoms with Gasteiger partial charge in [-0.3, -0.25) is 14.6 Å². The second-order valence-electron chi connectivity index (χ2n) is 9.95. The number of piperidine rings is 1. The predicted molar refractivity (Wildman–Crippen MR) is 146 cm³/mol. The van der Waals surface area contributed by atoms with Crippen LogP contribution in [0.4, 0.5) is 8.78 Å². The number of aromatic nitrogens is 1. The molecule has 198 valence electrons. The molecule has 1 fully saturated rings. The van der Waals surface area contributed by atoms with Crippen LogP contribution in [0, 0.1) is 11.6 Å². The van der Waals surface area contributed by atoms with Crippen molar-refractivity contribution in [2.75, 3.05) is 26.7 Å². The third-order valence-corrected chi connectivity index (χ3v) is 7.50. The number of rotatable bonds is 9. The summed E-state index contributed by atoms with van der Waals surface area (Å²) in [5.41, 5.74) is 2.54. The van der Waals surface area contributed by atoms with Gasteiger partial charge in [0.25, 0.3) is 5.56 Å². The molecule has 1 aliphatic heterocycles. The van der Waals surface area contributed by atoms with E-state index in [1.165, 1.54) is 33.9 Å². The van der Waals surface area contributed by atoms with Crippen molar-refractivity contribution >= 4 is 10.9 Å². The van der Waals surface area contributed by atoms with E-state index < -0.39 is 11.6 Å². The van der Waals surface area contributed by atoms with Crippen LogP contribution >= 0.6 is 0 Å². The van der Waals surface area contributed by atoms with E-state index in [0.29, 0.717) is 19.6 Å². The topological polar surface area (TPSA) is 37.7 Å². The molecule has 1 aliphatic rings. The first kappa shape index (κ1) is 26.2. The van der Waals surface area contributed by atoms with Gasteiger partial charge in [-0.25, -0.2) is 8.78 Å². The minimum atomic E-state index is -0.688. The Bertz CT molecular complexity index is 1370. The van der Waals surface area contributed by atoms with E-state index in [0.717, 1.165) is 32.1 Å². The second kappa shape index (κ2) is 12.0. The number of benzene rings is 3. The van der Waals surface area contributed by atoms with Gasteiger partial charge >= 0.3 is 0 Å². The molecule has 0 N–H and O–H groups in total. The van der Waals surface area contributed by atoms with E-state index in [-0.39, 0.29) is 28.6 Å². The minimum Gasteiger partial charge on any atom is -0.378 e. The predicted octanol–water partition coefficient (Wildman–Crippen LogP) is 5.07. The summed E-state index contributed by atoms with van der Waals surface area (Å²) in [6.07, 6.45) is 0.890. The van der Waals surface area contributed by atoms with Gasteiger partial charge in [0.05, 0.1) is 11.6 Å². The Morgan fingerprint density at radius 3 is 2.18 bits per heavy atom. The molecule has 2 heterocycles. The number of methoxy groups -OCH3 is 1. The fourth-order valence-electron chi connectivity index (χ4n) is 5.54. The largest absolute Gasteiger partial charge is 0.378 e. The van der Waals surface area contributed by atoms with Crippen molar-refractivity contribution in [3.8, 4) is 0 Å². The molecule has 0 radical (unpaired) electrons. The van der Waals surface area contributed by atoms with Gasteiger partial charge < -0.3 is 9.30 Å². The lowest BCUT2D eigenvalue weighted by molar-refractivity contribution is -0.0440. The first-order valence-electron chi connectivity index (χ1n) is 13.1. The molecular formula is C31H33F2N3O2. The highest BCUT2D eigenvalue weighted by Gasteiger charge is 2.33. The Kier molecular flexibility index (Phi) is 8.27. The molecule has 0 bridgehead atoms. The number of likely N-dealkylation sites (tertiary alicyclic amines) is 1. The summed E-state index contributed by atoms with van der Waals surface area (Å²) in [5.74, 6) is -1.35. The molecular weight excluding hydrogens is 484 g/mol. The van der Waals surface area contributed by atoms with Gasteiger partial charge in [-0.05, 0) is 36.2 Å². The number of hydrogen-bond donors (Lipinski definition) is 0. The van der Waals surface area contributed by atoms with Crippen molar-refractivity contribution in [1.82, 2.24) is 14.4 Å². The van der Waals surface area contributed by atoms with Gasteiger partial charge in [0, 0.05) is 63.4 Å². The van der Waals surface area contributed by atoms with Gasteiger partial charge in [-0.2, -0.15) is 0 Å². The number of ether oxygens (including phenoxy) is 1. The number of pyridine rings is 1. The fourth-order valence-corrected chi connectivity index (χ4v) is 5.54. The number of halogens is 2. The molecule has 7 heteroatoms. The van der Waals surface area contributed by atoms with Crippen LogP contribution in [0.2, 0.25) is 0 Å². The summed E-state index contributed by atoms with van der Waals surface area (Å²) in [4.78, 5) is 17.4. The standard InChI is InChI=1S/C31H33F2N3O2/c1-38-30-22-34(16-17-36-29-19-25(32)18-27(33)26(29)12-13-31(36)37)15-14-28(30)35(20-23-8-4-2-5-9-23)21-24-10-6-3-7-11-24/h2-13,18-19,28,30H,14-17,20-22H2,1H3. The molecule has 0 amide bonds. The normalized spacial score (nSPS) is 18.3. The summed E-state index contributed by atoms with van der Waals surface area (Å²) >= 11 is 0. The molecule has 5 rings (SSSR count). The van der Waals surface area contributed by atoms with E-state index in [9.17, 15) is 13.6 Å². The molecule has 0 aliphatic carbocycles. The van der Waals surface area contributed by atoms with Crippen LogP contribution in [0.5, 0.6) is 0 Å². The van der Waals surface area contributed by atoms with Gasteiger partial charge in [0.15, 0.2) is 0 Å². The quantitative estimate of drug-likeness (QED) is 0.311. The van der Waals surface area contributed by atoms with Crippen molar-refractivity contribution in [3.05, 3.63) is 118 Å². The van der Waals surface area contributed by atoms with Gasteiger partial charge in [-0.1, -0.05) is 60.7 Å². The number of fused-ring (bicyclic) bond motifs is 1. The van der Waals surface area contributed by atoms with Crippen LogP contribution in [0.15, 0.2) is 89.7 Å². The van der Waals surface area contributed by atoms with Crippen molar-refractivity contribution in [2.24, 2.45) is 0 Å². The monoisotopic (exact) mass is 517 g/mol. The lowest BCUT2D eigenvalue weighted by atomic mass is 9.98. The van der Waals surface area contributed by atoms with Crippen molar-refractivity contribution < 1.29 is 13.5 Å². The van der Waals surface area contributed by atoms with E-state index >= 15 is 0 Å². The molecule has 2 atom stereocenters. The Hall–Kier alpha value is -3.39. The Morgan fingerprint density at radius 1 is 0.895 bits per heavy atom. The average Bonchev–Trinajstić information content (AvgIpc) is 2.93. The molecule has 0 spiro atoms. The highest BCUT2D eigenvalue weighted by Crippen LogP contribution is 2.24. The molecule has 5 nitrogen and oxygen atoms in total. The van der Waals surface area contributed by atoms with E-state index in [1.807, 2.05) is 12.1 Å². The summed E-state index contributed by atoms with van der Waals surface area (Å²) in [6.45, 7) is 4.13. The SMILES string of the molecule is COC1CN(CCn2c(=O)ccc3c(F)cc(F)cc32)CCC1N(Cc1ccccc1)Cc1ccccc1. The van der Waals surface area contributed by atoms with Crippen LogP contribution in [-0.2, 0) is 24.4 Å². The van der Waals surface area contributed by atoms with Crippen molar-refractivity contribution in [2.45, 2.75) is 38.2 Å². The number of nitrogens with zero attached hydrogens (tertiary/aromatic N) is 3. The lowest BCUT2D eigenvalue weighted by Gasteiger charge is -2.43. The summed E-state index contributed by atoms with van der Waals surface area (Å²) in [5, 5.41) is 0.247. The smallest absolute Gasteiger partial charge is 0.251 e. The number of hydrogen-bond acceptors (Lipinski definition) is 4. The maximum Gasteiger partial charge on any atom is 0.251 e. The second-order valence-corrected chi connectivity index (χ2v) is 9.95. The van der Waals surface area contributed by atoms with Crippen LogP contribution in [0.1, 0.15) is 17.5 Å². The Labute approximate surface area is 221 Å². The molecule has 1 aromatic heterocycles. The van der Waals surface area contributed by atoms with Crippen molar-refractivity contribution in [3.63, 3.8) is 0 Å². The third-order valence-electron chi connectivity index (χ3n) is 7.50. The lowest BCUT2D eigenvalue weighted by Crippen LogP contribution is -2.55. The summed E-state index contributed by atoms with van der Waals surface area (Å²) in [6, 6.07) is 26.0. The van der Waals surface area contributed by atoms with Gasteiger partial charge in [0.2, 0.25) is 0 Å². The van der Waals surface area contributed by atoms with Crippen LogP contribution in [0.3, 0.4) is 0 Å². The van der Waals surface area contributed by atoms with Crippen LogP contribution in [0.25, 0.3) is 10.9 Å². The Balaban J connectivity index is 1.31. The van der Waals surface area contributed by atoms with Gasteiger partial charge in [-0.15, -0.1) is 0 Å². The average molecular weight is 518 g/mol. The van der Waals surface area contributed by atoms with E-state index in [1.54, 1.807) is 7.11 Å².